The SMILES string of the molecule is Cc1c(-c2nnc(-c3ccccc3)c3nn(-c4ccccc4)cc23)sc2nc(-c3ccccc3)c(-c3ccccc3)n12. The zero-order chi connectivity index (χ0) is 28.0. The van der Waals surface area contributed by atoms with E-state index in [1.165, 1.54) is 0 Å². The molecule has 0 spiro atoms. The van der Waals surface area contributed by atoms with Gasteiger partial charge in [0.05, 0.1) is 27.3 Å². The van der Waals surface area contributed by atoms with E-state index in [9.17, 15) is 0 Å². The van der Waals surface area contributed by atoms with Gasteiger partial charge in [-0.25, -0.2) is 9.67 Å². The maximum atomic E-state index is 5.18. The first kappa shape index (κ1) is 24.4. The number of para-hydroxylation sites is 1. The first-order valence-electron chi connectivity index (χ1n) is 13.8. The van der Waals surface area contributed by atoms with Crippen LogP contribution in [0.25, 0.3) is 65.9 Å². The topological polar surface area (TPSA) is 60.9 Å². The van der Waals surface area contributed by atoms with Crippen LogP contribution >= 0.6 is 11.3 Å². The summed E-state index contributed by atoms with van der Waals surface area (Å²) in [5.74, 6) is 0. The lowest BCUT2D eigenvalue weighted by Crippen LogP contribution is -1.96. The van der Waals surface area contributed by atoms with Crippen molar-refractivity contribution >= 4 is 27.2 Å². The van der Waals surface area contributed by atoms with Crippen LogP contribution in [0, 0.1) is 6.92 Å². The molecule has 6 nitrogen and oxygen atoms in total. The van der Waals surface area contributed by atoms with Crippen molar-refractivity contribution in [2.75, 3.05) is 0 Å². The van der Waals surface area contributed by atoms with E-state index in [2.05, 4.69) is 78.2 Å². The largest absolute Gasteiger partial charge is 0.286 e. The van der Waals surface area contributed by atoms with E-state index in [0.717, 1.165) is 71.6 Å². The van der Waals surface area contributed by atoms with Gasteiger partial charge < -0.3 is 0 Å². The van der Waals surface area contributed by atoms with Crippen LogP contribution in [-0.2, 0) is 0 Å². The molecule has 0 atom stereocenters. The number of imidazole rings is 1. The van der Waals surface area contributed by atoms with E-state index in [0.29, 0.717) is 0 Å². The number of aryl methyl sites for hydroxylation is 1. The lowest BCUT2D eigenvalue weighted by Gasteiger charge is -2.08. The Labute approximate surface area is 246 Å². The van der Waals surface area contributed by atoms with Gasteiger partial charge in [0.1, 0.15) is 16.9 Å². The fraction of sp³-hybridized carbons (Fsp3) is 0.0286. The quantitative estimate of drug-likeness (QED) is 0.212. The van der Waals surface area contributed by atoms with Crippen LogP contribution in [0.4, 0.5) is 0 Å². The van der Waals surface area contributed by atoms with Crippen molar-refractivity contribution in [3.8, 4) is 50.0 Å². The van der Waals surface area contributed by atoms with Crippen molar-refractivity contribution in [2.24, 2.45) is 0 Å². The van der Waals surface area contributed by atoms with Crippen LogP contribution in [-0.4, -0.2) is 29.4 Å². The summed E-state index contributed by atoms with van der Waals surface area (Å²) < 4.78 is 4.18. The van der Waals surface area contributed by atoms with Crippen LogP contribution in [0.3, 0.4) is 0 Å². The highest BCUT2D eigenvalue weighted by Gasteiger charge is 2.25. The molecule has 0 unspecified atom stereocenters. The first-order valence-corrected chi connectivity index (χ1v) is 14.6. The molecule has 42 heavy (non-hydrogen) atoms. The predicted molar refractivity (Wildman–Crippen MR) is 170 cm³/mol. The van der Waals surface area contributed by atoms with Gasteiger partial charge in [-0.05, 0) is 19.1 Å². The normalized spacial score (nSPS) is 11.5. The van der Waals surface area contributed by atoms with Gasteiger partial charge in [-0.1, -0.05) is 121 Å². The molecule has 0 fully saturated rings. The second-order valence-corrected chi connectivity index (χ2v) is 11.1. The molecule has 0 aliphatic rings. The number of hydrogen-bond donors (Lipinski definition) is 0. The molecule has 8 rings (SSSR count). The zero-order valence-corrected chi connectivity index (χ0v) is 23.5. The van der Waals surface area contributed by atoms with E-state index in [1.54, 1.807) is 11.3 Å². The summed E-state index contributed by atoms with van der Waals surface area (Å²) in [6, 6.07) is 41.1. The van der Waals surface area contributed by atoms with Crippen molar-refractivity contribution in [1.29, 1.82) is 0 Å². The Morgan fingerprint density at radius 3 is 1.79 bits per heavy atom. The van der Waals surface area contributed by atoms with Crippen molar-refractivity contribution in [3.05, 3.63) is 133 Å². The third-order valence-electron chi connectivity index (χ3n) is 7.53. The molecule has 4 aromatic carbocycles. The van der Waals surface area contributed by atoms with Gasteiger partial charge in [-0.2, -0.15) is 5.10 Å². The minimum Gasteiger partial charge on any atom is -0.286 e. The van der Waals surface area contributed by atoms with Crippen LogP contribution in [0.5, 0.6) is 0 Å². The molecule has 0 saturated heterocycles. The van der Waals surface area contributed by atoms with E-state index in [-0.39, 0.29) is 0 Å². The molecule has 0 aliphatic carbocycles. The lowest BCUT2D eigenvalue weighted by atomic mass is 10.0. The Balaban J connectivity index is 1.38. The molecule has 0 bridgehead atoms. The van der Waals surface area contributed by atoms with Gasteiger partial charge in [0.15, 0.2) is 4.96 Å². The number of aromatic nitrogens is 6. The van der Waals surface area contributed by atoms with Gasteiger partial charge in [0.2, 0.25) is 0 Å². The molecule has 0 aliphatic heterocycles. The maximum Gasteiger partial charge on any atom is 0.195 e. The van der Waals surface area contributed by atoms with Gasteiger partial charge in [-0.15, -0.1) is 10.2 Å². The maximum absolute atomic E-state index is 5.18. The molecule has 0 N–H and O–H groups in total. The molecular weight excluding hydrogens is 536 g/mol. The summed E-state index contributed by atoms with van der Waals surface area (Å²) in [5.41, 5.74) is 9.66. The molecule has 4 aromatic heterocycles. The third kappa shape index (κ3) is 3.94. The Morgan fingerprint density at radius 1 is 0.595 bits per heavy atom. The Bertz CT molecular complexity index is 2180. The number of rotatable bonds is 5. The van der Waals surface area contributed by atoms with Crippen molar-refractivity contribution in [3.63, 3.8) is 0 Å². The summed E-state index contributed by atoms with van der Waals surface area (Å²) in [4.78, 5) is 7.12. The van der Waals surface area contributed by atoms with Crippen LogP contribution in [0.15, 0.2) is 128 Å². The van der Waals surface area contributed by atoms with Crippen molar-refractivity contribution in [1.82, 2.24) is 29.4 Å². The molecule has 200 valence electrons. The fourth-order valence-electron chi connectivity index (χ4n) is 5.52. The van der Waals surface area contributed by atoms with E-state index < -0.39 is 0 Å². The summed E-state index contributed by atoms with van der Waals surface area (Å²) >= 11 is 1.64. The zero-order valence-electron chi connectivity index (χ0n) is 22.7. The highest BCUT2D eigenvalue weighted by Crippen LogP contribution is 2.42. The first-order chi connectivity index (χ1) is 20.8. The number of fused-ring (bicyclic) bond motifs is 2. The summed E-state index contributed by atoms with van der Waals surface area (Å²) in [5, 5.41) is 15.6. The molecule has 0 radical (unpaired) electrons. The molecule has 0 saturated carbocycles. The minimum absolute atomic E-state index is 0.763. The molecule has 0 amide bonds. The standard InChI is InChI=1S/C35H24N6S/c1-23-34(42-35-36-30(25-16-8-3-9-17-25)33(41(23)35)26-18-10-4-11-19-26)32-28-22-40(27-20-12-5-13-21-27)39-31(28)29(37-38-32)24-14-6-2-7-15-24/h2-22H,1H3. The van der Waals surface area contributed by atoms with E-state index in [1.807, 2.05) is 65.3 Å². The molecule has 7 heteroatoms. The highest BCUT2D eigenvalue weighted by molar-refractivity contribution is 7.20. The average molecular weight is 561 g/mol. The predicted octanol–water partition coefficient (Wildman–Crippen LogP) is 8.50. The number of benzene rings is 4. The molecule has 8 aromatic rings. The fourth-order valence-corrected chi connectivity index (χ4v) is 6.65. The summed E-state index contributed by atoms with van der Waals surface area (Å²) in [6.45, 7) is 2.14. The van der Waals surface area contributed by atoms with Gasteiger partial charge in [0, 0.05) is 28.6 Å². The van der Waals surface area contributed by atoms with Gasteiger partial charge in [0.25, 0.3) is 0 Å². The molecule has 4 heterocycles. The summed E-state index contributed by atoms with van der Waals surface area (Å²) in [6.07, 6.45) is 2.07. The van der Waals surface area contributed by atoms with Crippen LogP contribution in [0.2, 0.25) is 0 Å². The second-order valence-electron chi connectivity index (χ2n) is 10.1. The van der Waals surface area contributed by atoms with Crippen molar-refractivity contribution < 1.29 is 0 Å². The Morgan fingerprint density at radius 2 is 1.14 bits per heavy atom. The number of hydrogen-bond acceptors (Lipinski definition) is 5. The second kappa shape index (κ2) is 9.90. The highest BCUT2D eigenvalue weighted by atomic mass is 32.1. The van der Waals surface area contributed by atoms with E-state index >= 15 is 0 Å². The number of nitrogens with zero attached hydrogens (tertiary/aromatic N) is 6. The van der Waals surface area contributed by atoms with Crippen LogP contribution in [0.1, 0.15) is 5.69 Å². The minimum atomic E-state index is 0.763. The Hall–Kier alpha value is -5.40. The monoisotopic (exact) mass is 560 g/mol. The number of thiazole rings is 1. The van der Waals surface area contributed by atoms with Crippen molar-refractivity contribution in [2.45, 2.75) is 6.92 Å². The average Bonchev–Trinajstić information content (AvgIpc) is 3.76. The molecular formula is C35H24N6S. The third-order valence-corrected chi connectivity index (χ3v) is 8.67. The Kier molecular flexibility index (Phi) is 5.75. The smallest absolute Gasteiger partial charge is 0.195 e. The van der Waals surface area contributed by atoms with Gasteiger partial charge in [-0.3, -0.25) is 4.40 Å². The lowest BCUT2D eigenvalue weighted by molar-refractivity contribution is 0.895. The summed E-state index contributed by atoms with van der Waals surface area (Å²) in [7, 11) is 0. The van der Waals surface area contributed by atoms with Crippen LogP contribution < -0.4 is 0 Å². The van der Waals surface area contributed by atoms with Gasteiger partial charge >= 0.3 is 0 Å². The van der Waals surface area contributed by atoms with E-state index in [4.69, 9.17) is 20.3 Å².